The SMILES string of the molecule is CC[N+](CC)=c1ccc2c(/C=C/C=C3\N(CCCS(=O)(=O)O)c4ccc(S(=O)(=O)[O-])cc4C3(C)CCCC(=O)NCCCCCCNc3nc4c(=O)[nH]c(N)nc4n3[C@@H]3O[C@@H]4COP(=O)(O)O[C@H]4[C@H]3O)c(C)c(-c3ccccc3)oc-2c1. The zero-order chi connectivity index (χ0) is 58.7. The number of hydrogen-bond donors (Lipinski definition) is 7. The number of nitrogens with two attached hydrogens (primary N) is 1. The van der Waals surface area contributed by atoms with E-state index in [9.17, 15) is 50.1 Å². The normalized spacial score (nSPS) is 22.3. The van der Waals surface area contributed by atoms with Gasteiger partial charge in [0, 0.05) is 65.6 Å². The molecular formula is C55H68N9O15PS2. The Morgan fingerprint density at radius 1 is 1.01 bits per heavy atom. The zero-order valence-electron chi connectivity index (χ0n) is 45.8. The number of nitrogens with one attached hydrogen (secondary N) is 3. The Hall–Kier alpha value is -6.58. The molecule has 6 atom stereocenters. The number of aromatic amines is 1. The molecule has 4 aliphatic heterocycles. The van der Waals surface area contributed by atoms with Gasteiger partial charge in [0.15, 0.2) is 17.4 Å². The molecule has 8 N–H and O–H groups in total. The van der Waals surface area contributed by atoms with Crippen LogP contribution in [0.1, 0.15) is 95.1 Å². The molecule has 2 saturated heterocycles. The summed E-state index contributed by atoms with van der Waals surface area (Å²) in [6.07, 6.45) is 4.45. The molecular weight excluding hydrogens is 1120 g/mol. The van der Waals surface area contributed by atoms with E-state index < -0.39 is 74.2 Å². The smallest absolute Gasteiger partial charge is 0.472 e. The number of ether oxygens (including phenoxy) is 1. The third-order valence-corrected chi connectivity index (χ3v) is 17.9. The monoisotopic (exact) mass is 1190 g/mol. The summed E-state index contributed by atoms with van der Waals surface area (Å²) in [5, 5.41) is 18.4. The van der Waals surface area contributed by atoms with Gasteiger partial charge >= 0.3 is 7.82 Å². The number of anilines is 3. The van der Waals surface area contributed by atoms with Crippen molar-refractivity contribution in [3.63, 3.8) is 0 Å². The standard InChI is InChI=1S/C55H68N9O15PS2/c1-5-62(6-2)36-22-24-39-38(34(3)48(77-42(39)31-36)35-17-10-9-11-18-35)19-14-20-44-55(4,40-32-37(82(73,74)75)23-25-41(40)63(44)29-16-30-81(70,71)72)26-15-21-45(65)57-27-12-7-8-13-28-58-54-59-46-50(60-53(56)61-51(46)67)64(54)52-47(66)49-43(78-52)33-76-80(68,69)79-49/h9-11,14,17-20,22-25,31-32,43,47,49,52,66H,5-8,12-13,15-16,21,26-30,33H2,1-4H3,(H7-,56,57,58,59,60,61,65,67,68,69,70,71,72,73,74,75)/t43-,47-,49-,52-,55?/m1/s1. The maximum absolute atomic E-state index is 13.4. The van der Waals surface area contributed by atoms with E-state index in [1.807, 2.05) is 79.4 Å². The van der Waals surface area contributed by atoms with Gasteiger partial charge in [-0.2, -0.15) is 13.4 Å². The van der Waals surface area contributed by atoms with E-state index in [1.165, 1.54) is 22.8 Å². The maximum atomic E-state index is 13.4. The van der Waals surface area contributed by atoms with Crippen LogP contribution in [0, 0.1) is 6.92 Å². The first-order chi connectivity index (χ1) is 39.0. The van der Waals surface area contributed by atoms with Gasteiger partial charge in [-0.25, -0.2) is 22.5 Å². The van der Waals surface area contributed by atoms with Crippen LogP contribution in [0.4, 0.5) is 17.6 Å². The second-order valence-electron chi connectivity index (χ2n) is 20.7. The number of nitrogens with zero attached hydrogens (tertiary/aromatic N) is 5. The molecule has 2 aromatic carbocycles. The molecule has 0 spiro atoms. The first-order valence-corrected chi connectivity index (χ1v) is 31.7. The lowest BCUT2D eigenvalue weighted by Gasteiger charge is -2.30. The number of aliphatic hydroxyl groups excluding tert-OH is 1. The van der Waals surface area contributed by atoms with E-state index in [-0.39, 0.29) is 55.0 Å². The molecule has 9 rings (SSSR count). The molecule has 6 heterocycles. The molecule has 1 aliphatic carbocycles. The predicted octanol–water partition coefficient (Wildman–Crippen LogP) is 5.78. The molecule has 27 heteroatoms. The average molecular weight is 1190 g/mol. The van der Waals surface area contributed by atoms with Gasteiger partial charge in [-0.3, -0.25) is 32.7 Å². The number of aliphatic hydroxyl groups is 1. The number of unbranched alkanes of at least 4 members (excludes halogenated alkanes) is 3. The Kier molecular flexibility index (Phi) is 18.1. The number of amides is 1. The Morgan fingerprint density at radius 3 is 2.48 bits per heavy atom. The molecule has 2 aromatic heterocycles. The minimum absolute atomic E-state index is 0.00804. The van der Waals surface area contributed by atoms with Crippen molar-refractivity contribution in [2.24, 2.45) is 0 Å². The number of carbonyl (C=O) groups is 1. The van der Waals surface area contributed by atoms with E-state index in [1.54, 1.807) is 0 Å². The number of rotatable bonds is 23. The second-order valence-corrected chi connectivity index (χ2v) is 25.1. The molecule has 82 heavy (non-hydrogen) atoms. The van der Waals surface area contributed by atoms with Crippen molar-refractivity contribution in [1.82, 2.24) is 29.4 Å². The summed E-state index contributed by atoms with van der Waals surface area (Å²) >= 11 is 0. The average Bonchev–Trinajstić information content (AvgIpc) is 3.32. The van der Waals surface area contributed by atoms with E-state index in [0.29, 0.717) is 67.2 Å². The van der Waals surface area contributed by atoms with Crippen molar-refractivity contribution in [2.45, 2.75) is 114 Å². The van der Waals surface area contributed by atoms with Crippen LogP contribution in [0.15, 0.2) is 98.7 Å². The van der Waals surface area contributed by atoms with Crippen LogP contribution in [0.25, 0.3) is 39.9 Å². The van der Waals surface area contributed by atoms with Crippen LogP contribution in [0.5, 0.6) is 0 Å². The molecule has 4 aromatic rings. The third kappa shape index (κ3) is 13.1. The number of carbonyl (C=O) groups excluding carboxylic acids is 1. The van der Waals surface area contributed by atoms with Crippen molar-refractivity contribution in [2.75, 3.05) is 61.0 Å². The van der Waals surface area contributed by atoms with Crippen LogP contribution < -0.4 is 36.8 Å². The molecule has 0 bridgehead atoms. The Labute approximate surface area is 474 Å². The van der Waals surface area contributed by atoms with Crippen molar-refractivity contribution < 1.29 is 63.5 Å². The fourth-order valence-corrected chi connectivity index (χ4v) is 13.1. The quantitative estimate of drug-likeness (QED) is 0.0173. The molecule has 0 radical (unpaired) electrons. The maximum Gasteiger partial charge on any atom is 0.472 e. The molecule has 440 valence electrons. The molecule has 5 aliphatic rings. The summed E-state index contributed by atoms with van der Waals surface area (Å²) in [4.78, 5) is 48.6. The summed E-state index contributed by atoms with van der Waals surface area (Å²) < 4.78 is 110. The molecule has 0 saturated carbocycles. The number of phosphoric ester groups is 1. The molecule has 1 amide bonds. The zero-order valence-corrected chi connectivity index (χ0v) is 48.3. The van der Waals surface area contributed by atoms with E-state index in [4.69, 9.17) is 23.9 Å². The highest BCUT2D eigenvalue weighted by Gasteiger charge is 2.53. The van der Waals surface area contributed by atoms with Gasteiger partial charge in [-0.15, -0.1) is 0 Å². The third-order valence-electron chi connectivity index (χ3n) is 15.3. The van der Waals surface area contributed by atoms with Crippen molar-refractivity contribution >= 4 is 68.8 Å². The summed E-state index contributed by atoms with van der Waals surface area (Å²) in [6, 6.07) is 20.1. The van der Waals surface area contributed by atoms with Gasteiger partial charge < -0.3 is 45.0 Å². The Bertz CT molecular complexity index is 3810. The van der Waals surface area contributed by atoms with Gasteiger partial charge in [0.25, 0.3) is 15.7 Å². The van der Waals surface area contributed by atoms with E-state index in [2.05, 4.69) is 50.1 Å². The fraction of sp³-hybridized carbons (Fsp3) is 0.436. The summed E-state index contributed by atoms with van der Waals surface area (Å²) in [5.74, 6) is 0.559. The van der Waals surface area contributed by atoms with Crippen LogP contribution in [-0.2, 0) is 48.8 Å². The number of nitrogen functional groups attached to an aromatic ring is 1. The number of allylic oxidation sites excluding steroid dienone is 3. The highest BCUT2D eigenvalue weighted by molar-refractivity contribution is 7.86. The number of aromatic nitrogens is 4. The van der Waals surface area contributed by atoms with Crippen LogP contribution in [0.2, 0.25) is 0 Å². The summed E-state index contributed by atoms with van der Waals surface area (Å²) in [5.41, 5.74) is 9.42. The number of fused-ring (bicyclic) bond motifs is 4. The van der Waals surface area contributed by atoms with Gasteiger partial charge in [0.05, 0.1) is 23.3 Å². The van der Waals surface area contributed by atoms with E-state index >= 15 is 0 Å². The van der Waals surface area contributed by atoms with Crippen molar-refractivity contribution in [1.29, 1.82) is 0 Å². The van der Waals surface area contributed by atoms with Crippen LogP contribution >= 0.6 is 7.82 Å². The summed E-state index contributed by atoms with van der Waals surface area (Å²) in [7, 11) is -13.7. The van der Waals surface area contributed by atoms with Crippen LogP contribution in [0.3, 0.4) is 0 Å². The molecule has 24 nitrogen and oxygen atoms in total. The van der Waals surface area contributed by atoms with Gasteiger partial charge in [-0.05, 0) is 101 Å². The number of hydrogen-bond acceptors (Lipinski definition) is 18. The highest BCUT2D eigenvalue weighted by atomic mass is 32.2. The number of imidazole rings is 1. The largest absolute Gasteiger partial charge is 0.744 e. The van der Waals surface area contributed by atoms with E-state index in [0.717, 1.165) is 53.5 Å². The lowest BCUT2D eigenvalue weighted by Crippen LogP contribution is -2.39. The minimum Gasteiger partial charge on any atom is -0.744 e. The first kappa shape index (κ1) is 60.0. The lowest BCUT2D eigenvalue weighted by molar-refractivity contribution is -0.121. The van der Waals surface area contributed by atoms with Crippen molar-refractivity contribution in [3.8, 4) is 22.6 Å². The van der Waals surface area contributed by atoms with Crippen LogP contribution in [-0.4, -0.2) is 125 Å². The minimum atomic E-state index is -4.90. The topological polar surface area (TPSA) is 347 Å². The second kappa shape index (κ2) is 24.7. The van der Waals surface area contributed by atoms with Gasteiger partial charge in [-0.1, -0.05) is 55.3 Å². The van der Waals surface area contributed by atoms with Crippen molar-refractivity contribution in [3.05, 3.63) is 117 Å². The number of phosphoric acid groups is 1. The fourth-order valence-electron chi connectivity index (χ4n) is 11.2. The number of H-pyrrole nitrogens is 1. The molecule has 2 unspecified atom stereocenters. The summed E-state index contributed by atoms with van der Waals surface area (Å²) in [6.45, 7) is 10.2. The van der Waals surface area contributed by atoms with Gasteiger partial charge in [0.2, 0.25) is 23.2 Å². The highest BCUT2D eigenvalue weighted by Crippen LogP contribution is 2.54. The number of benzene rings is 3. The predicted molar refractivity (Wildman–Crippen MR) is 306 cm³/mol. The Morgan fingerprint density at radius 2 is 1.76 bits per heavy atom. The first-order valence-electron chi connectivity index (χ1n) is 27.2. The Balaban J connectivity index is 0.883. The lowest BCUT2D eigenvalue weighted by atomic mass is 9.77. The van der Waals surface area contributed by atoms with Gasteiger partial charge in [0.1, 0.15) is 53.0 Å². The molecule has 2 fully saturated rings.